The molecule has 0 spiro atoms. The number of halogens is 1. The average Bonchev–Trinajstić information content (AvgIpc) is 3.39. The fourth-order valence-electron chi connectivity index (χ4n) is 3.80. The summed E-state index contributed by atoms with van der Waals surface area (Å²) in [7, 11) is 0. The number of nitrogens with one attached hydrogen (secondary N) is 2. The van der Waals surface area contributed by atoms with Gasteiger partial charge in [0.25, 0.3) is 5.69 Å². The van der Waals surface area contributed by atoms with Crippen molar-refractivity contribution in [2.24, 2.45) is 4.99 Å². The van der Waals surface area contributed by atoms with Crippen molar-refractivity contribution < 1.29 is 19.2 Å². The maximum Gasteiger partial charge on any atom is 0.408 e. The predicted molar refractivity (Wildman–Crippen MR) is 130 cm³/mol. The van der Waals surface area contributed by atoms with Crippen LogP contribution in [0, 0.1) is 10.1 Å². The lowest BCUT2D eigenvalue weighted by Crippen LogP contribution is -2.48. The molecule has 34 heavy (non-hydrogen) atoms. The highest BCUT2D eigenvalue weighted by Crippen LogP contribution is 2.31. The molecule has 0 bridgehead atoms. The van der Waals surface area contributed by atoms with Crippen LogP contribution < -0.4 is 5.32 Å². The average molecular weight is 485 g/mol. The van der Waals surface area contributed by atoms with Gasteiger partial charge in [0.2, 0.25) is 5.90 Å². The Balaban J connectivity index is 1.55. The van der Waals surface area contributed by atoms with Crippen LogP contribution in [0.5, 0.6) is 0 Å². The summed E-state index contributed by atoms with van der Waals surface area (Å²) in [5.41, 5.74) is 1.10. The number of amides is 1. The van der Waals surface area contributed by atoms with Crippen LogP contribution in [0.25, 0.3) is 10.9 Å². The quantitative estimate of drug-likeness (QED) is 0.376. The number of carbonyl (C=O) groups excluding carboxylic acids is 1. The molecule has 0 aliphatic carbocycles. The zero-order valence-electron chi connectivity index (χ0n) is 19.0. The van der Waals surface area contributed by atoms with Crippen molar-refractivity contribution in [1.29, 1.82) is 0 Å². The molecule has 1 unspecified atom stereocenters. The predicted octanol–water partition coefficient (Wildman–Crippen LogP) is 5.01. The first kappa shape index (κ1) is 23.6. The minimum absolute atomic E-state index is 0.127. The molecular formula is C24H25ClN4O5. The summed E-state index contributed by atoms with van der Waals surface area (Å²) in [5, 5.41) is 15.2. The van der Waals surface area contributed by atoms with Gasteiger partial charge in [-0.05, 0) is 44.9 Å². The van der Waals surface area contributed by atoms with E-state index >= 15 is 0 Å². The highest BCUT2D eigenvalue weighted by atomic mass is 35.5. The monoisotopic (exact) mass is 484 g/mol. The third kappa shape index (κ3) is 5.48. The number of nitrogens with zero attached hydrogens (tertiary/aromatic N) is 2. The number of aromatic nitrogens is 1. The Morgan fingerprint density at radius 3 is 2.74 bits per heavy atom. The first-order chi connectivity index (χ1) is 16.1. The number of carbonyl (C=O) groups is 1. The molecule has 1 aromatic heterocycles. The van der Waals surface area contributed by atoms with E-state index < -0.39 is 28.8 Å². The molecular weight excluding hydrogens is 460 g/mol. The second kappa shape index (κ2) is 9.34. The molecule has 1 aliphatic heterocycles. The fraction of sp³-hybridized carbons (Fsp3) is 0.333. The first-order valence-electron chi connectivity index (χ1n) is 10.8. The number of alkyl carbamates (subject to hydrolysis) is 1. The summed E-state index contributed by atoms with van der Waals surface area (Å²) in [5.74, 6) is 0.315. The van der Waals surface area contributed by atoms with Crippen molar-refractivity contribution in [3.8, 4) is 0 Å². The van der Waals surface area contributed by atoms with Crippen LogP contribution in [-0.4, -0.2) is 46.2 Å². The van der Waals surface area contributed by atoms with Gasteiger partial charge in [-0.1, -0.05) is 41.9 Å². The van der Waals surface area contributed by atoms with Gasteiger partial charge >= 0.3 is 6.09 Å². The maximum atomic E-state index is 12.5. The Kier molecular flexibility index (Phi) is 6.47. The Bertz CT molecular complexity index is 1250. The third-order valence-corrected chi connectivity index (χ3v) is 5.44. The van der Waals surface area contributed by atoms with Crippen LogP contribution in [0.15, 0.2) is 53.5 Å². The summed E-state index contributed by atoms with van der Waals surface area (Å²) in [6.45, 7) is 5.70. The maximum absolute atomic E-state index is 12.5. The zero-order chi connectivity index (χ0) is 24.5. The molecule has 0 saturated heterocycles. The van der Waals surface area contributed by atoms with Gasteiger partial charge in [-0.15, -0.1) is 0 Å². The normalized spacial score (nSPS) is 16.6. The van der Waals surface area contributed by atoms with Gasteiger partial charge in [-0.3, -0.25) is 10.1 Å². The van der Waals surface area contributed by atoms with Crippen molar-refractivity contribution in [3.63, 3.8) is 0 Å². The van der Waals surface area contributed by atoms with Crippen molar-refractivity contribution in [1.82, 2.24) is 10.3 Å². The van der Waals surface area contributed by atoms with Crippen LogP contribution in [-0.2, 0) is 15.9 Å². The van der Waals surface area contributed by atoms with Crippen molar-refractivity contribution in [2.45, 2.75) is 44.9 Å². The van der Waals surface area contributed by atoms with E-state index in [-0.39, 0.29) is 10.7 Å². The molecule has 2 N–H and O–H groups in total. The number of benzene rings is 2. The molecule has 2 aromatic carbocycles. The minimum Gasteiger partial charge on any atom is -0.469 e. The number of H-pyrrole nitrogens is 1. The molecule has 9 nitrogen and oxygen atoms in total. The highest BCUT2D eigenvalue weighted by Gasteiger charge is 2.33. The number of hydrogen-bond donors (Lipinski definition) is 2. The Labute approximate surface area is 201 Å². The smallest absolute Gasteiger partial charge is 0.408 e. The van der Waals surface area contributed by atoms with Gasteiger partial charge in [0.1, 0.15) is 22.9 Å². The van der Waals surface area contributed by atoms with E-state index in [0.29, 0.717) is 35.5 Å². The zero-order valence-corrected chi connectivity index (χ0v) is 19.8. The number of hydrogen-bond acceptors (Lipinski definition) is 6. The van der Waals surface area contributed by atoms with Crippen LogP contribution in [0.4, 0.5) is 10.5 Å². The van der Waals surface area contributed by atoms with Crippen molar-refractivity contribution in [2.75, 3.05) is 6.54 Å². The summed E-state index contributed by atoms with van der Waals surface area (Å²) in [6.07, 6.45) is -0.476. The lowest BCUT2D eigenvalue weighted by atomic mass is 10.0. The third-order valence-electron chi connectivity index (χ3n) is 5.23. The molecule has 1 aliphatic rings. The summed E-state index contributed by atoms with van der Waals surface area (Å²) in [4.78, 5) is 31.0. The summed E-state index contributed by atoms with van der Waals surface area (Å²) < 4.78 is 11.6. The van der Waals surface area contributed by atoms with Gasteiger partial charge in [0.15, 0.2) is 0 Å². The van der Waals surface area contributed by atoms with Crippen molar-refractivity contribution in [3.05, 3.63) is 74.9 Å². The topological polar surface area (TPSA) is 119 Å². The molecule has 2 atom stereocenters. The van der Waals surface area contributed by atoms with Gasteiger partial charge in [-0.2, -0.15) is 0 Å². The lowest BCUT2D eigenvalue weighted by molar-refractivity contribution is -0.383. The number of ether oxygens (including phenoxy) is 2. The summed E-state index contributed by atoms with van der Waals surface area (Å²) in [6, 6.07) is 14.0. The van der Waals surface area contributed by atoms with E-state index in [9.17, 15) is 14.9 Å². The number of nitro groups is 1. The molecule has 0 radical (unpaired) electrons. The number of fused-ring (bicyclic) bond motifs is 1. The van der Waals surface area contributed by atoms with E-state index in [4.69, 9.17) is 21.1 Å². The Morgan fingerprint density at radius 1 is 1.32 bits per heavy atom. The number of nitro benzene ring substituents is 1. The Hall–Kier alpha value is -3.59. The number of rotatable bonds is 6. The van der Waals surface area contributed by atoms with Crippen LogP contribution in [0.1, 0.15) is 32.0 Å². The number of non-ortho nitro benzene ring substituents is 1. The van der Waals surface area contributed by atoms with Gasteiger partial charge in [0.05, 0.1) is 17.5 Å². The standard InChI is InChI=1S/C24H25ClN4O5/c1-24(2,3)34-23(30)28-17(9-14-7-5-4-6-8-14)20-13-26-22(33-20)18-11-15-10-16(25)12-19(29(31)32)21(15)27-18/h4-8,10-12,17,20,27H,9,13H2,1-3H3,(H,28,30)/t17-,20?/m0/s1. The van der Waals surface area contributed by atoms with E-state index in [2.05, 4.69) is 15.3 Å². The molecule has 1 amide bonds. The number of aliphatic imine (C=N–C) groups is 1. The van der Waals surface area contributed by atoms with Crippen LogP contribution in [0.3, 0.4) is 0 Å². The van der Waals surface area contributed by atoms with E-state index in [1.54, 1.807) is 32.9 Å². The van der Waals surface area contributed by atoms with Gasteiger partial charge in [-0.25, -0.2) is 9.79 Å². The van der Waals surface area contributed by atoms with E-state index in [1.807, 2.05) is 30.3 Å². The molecule has 2 heterocycles. The number of aromatic amines is 1. The first-order valence-corrected chi connectivity index (χ1v) is 11.2. The second-order valence-corrected chi connectivity index (χ2v) is 9.51. The molecule has 0 fully saturated rings. The lowest BCUT2D eigenvalue weighted by Gasteiger charge is -2.27. The molecule has 10 heteroatoms. The minimum atomic E-state index is -0.639. The molecule has 4 rings (SSSR count). The largest absolute Gasteiger partial charge is 0.469 e. The Morgan fingerprint density at radius 2 is 2.06 bits per heavy atom. The second-order valence-electron chi connectivity index (χ2n) is 9.07. The fourth-order valence-corrected chi connectivity index (χ4v) is 4.02. The highest BCUT2D eigenvalue weighted by molar-refractivity contribution is 6.31. The van der Waals surface area contributed by atoms with Crippen molar-refractivity contribution >= 4 is 40.2 Å². The molecule has 3 aromatic rings. The van der Waals surface area contributed by atoms with E-state index in [1.165, 1.54) is 6.07 Å². The van der Waals surface area contributed by atoms with Gasteiger partial charge < -0.3 is 19.8 Å². The molecule has 178 valence electrons. The van der Waals surface area contributed by atoms with Crippen LogP contribution in [0.2, 0.25) is 5.02 Å². The summed E-state index contributed by atoms with van der Waals surface area (Å²) >= 11 is 6.04. The van der Waals surface area contributed by atoms with Crippen LogP contribution >= 0.6 is 11.6 Å². The SMILES string of the molecule is CC(C)(C)OC(=O)N[C@@H](Cc1ccccc1)C1CN=C(c2cc3cc(Cl)cc([N+](=O)[O-])c3[nH]2)O1. The van der Waals surface area contributed by atoms with Gasteiger partial charge in [0, 0.05) is 16.5 Å². The van der Waals surface area contributed by atoms with E-state index in [0.717, 1.165) is 5.56 Å². The molecule has 0 saturated carbocycles.